The summed E-state index contributed by atoms with van der Waals surface area (Å²) >= 11 is 9.11. The maximum Gasteiger partial charge on any atom is 0.262 e. The minimum Gasteiger partial charge on any atom is -0.398 e. The Hall–Kier alpha value is -1.24. The lowest BCUT2D eigenvalue weighted by atomic mass is 10.1. The number of anilines is 2. The average molecular weight is 390 g/mol. The summed E-state index contributed by atoms with van der Waals surface area (Å²) < 4.78 is 27.8. The van der Waals surface area contributed by atoms with Gasteiger partial charge in [0.25, 0.3) is 10.0 Å². The lowest BCUT2D eigenvalue weighted by Crippen LogP contribution is -2.14. The summed E-state index contributed by atoms with van der Waals surface area (Å²) in [6.07, 6.45) is 0.752. The van der Waals surface area contributed by atoms with Crippen LogP contribution in [0.2, 0.25) is 5.02 Å². The van der Waals surface area contributed by atoms with Gasteiger partial charge in [-0.25, -0.2) is 8.42 Å². The average Bonchev–Trinajstić information content (AvgIpc) is 2.42. The number of sulfonamides is 1. The maximum atomic E-state index is 12.4. The van der Waals surface area contributed by atoms with Crippen LogP contribution in [-0.4, -0.2) is 8.42 Å². The lowest BCUT2D eigenvalue weighted by molar-refractivity contribution is 0.601. The molecule has 0 aromatic heterocycles. The van der Waals surface area contributed by atoms with Gasteiger partial charge < -0.3 is 5.73 Å². The molecule has 0 fully saturated rings. The quantitative estimate of drug-likeness (QED) is 0.775. The number of benzene rings is 2. The molecule has 0 aliphatic carbocycles. The first kappa shape index (κ1) is 16.1. The number of halogens is 2. The Morgan fingerprint density at radius 2 is 1.95 bits per heavy atom. The van der Waals surface area contributed by atoms with E-state index in [-0.39, 0.29) is 4.90 Å². The molecule has 2 aromatic carbocycles. The molecule has 0 amide bonds. The van der Waals surface area contributed by atoms with Crippen LogP contribution in [0, 0.1) is 0 Å². The van der Waals surface area contributed by atoms with Gasteiger partial charge in [0.05, 0.1) is 10.6 Å². The molecule has 0 aliphatic rings. The maximum absolute atomic E-state index is 12.4. The van der Waals surface area contributed by atoms with E-state index in [4.69, 9.17) is 17.3 Å². The van der Waals surface area contributed by atoms with Gasteiger partial charge >= 0.3 is 0 Å². The number of hydrogen-bond acceptors (Lipinski definition) is 3. The third-order valence-corrected chi connectivity index (χ3v) is 5.24. The lowest BCUT2D eigenvalue weighted by Gasteiger charge is -2.11. The molecule has 0 saturated heterocycles. The normalized spacial score (nSPS) is 11.4. The molecule has 0 unspecified atom stereocenters. The van der Waals surface area contributed by atoms with Crippen LogP contribution >= 0.6 is 27.5 Å². The smallest absolute Gasteiger partial charge is 0.262 e. The summed E-state index contributed by atoms with van der Waals surface area (Å²) in [7, 11) is -3.70. The molecule has 2 aromatic rings. The Labute approximate surface area is 137 Å². The first-order valence-corrected chi connectivity index (χ1v) is 8.85. The first-order valence-electron chi connectivity index (χ1n) is 6.19. The minimum atomic E-state index is -3.70. The fourth-order valence-electron chi connectivity index (χ4n) is 1.84. The monoisotopic (exact) mass is 388 g/mol. The third kappa shape index (κ3) is 3.70. The van der Waals surface area contributed by atoms with Crippen LogP contribution in [0.1, 0.15) is 12.5 Å². The van der Waals surface area contributed by atoms with E-state index in [2.05, 4.69) is 20.7 Å². The van der Waals surface area contributed by atoms with Gasteiger partial charge in [0.1, 0.15) is 0 Å². The topological polar surface area (TPSA) is 72.2 Å². The molecular weight excluding hydrogens is 376 g/mol. The van der Waals surface area contributed by atoms with Gasteiger partial charge in [-0.3, -0.25) is 4.72 Å². The number of nitrogens with one attached hydrogen (secondary N) is 1. The summed E-state index contributed by atoms with van der Waals surface area (Å²) in [4.78, 5) is 0.124. The fourth-order valence-corrected chi connectivity index (χ4v) is 3.87. The van der Waals surface area contributed by atoms with E-state index in [1.807, 2.05) is 6.92 Å². The third-order valence-electron chi connectivity index (χ3n) is 2.98. The molecule has 0 aliphatic heterocycles. The van der Waals surface area contributed by atoms with E-state index in [1.165, 1.54) is 6.07 Å². The molecule has 0 radical (unpaired) electrons. The van der Waals surface area contributed by atoms with Crippen molar-refractivity contribution < 1.29 is 8.42 Å². The van der Waals surface area contributed by atoms with Crippen molar-refractivity contribution >= 4 is 48.9 Å². The van der Waals surface area contributed by atoms with Gasteiger partial charge in [-0.05, 0) is 58.2 Å². The number of nitrogens with two attached hydrogens (primary N) is 1. The van der Waals surface area contributed by atoms with Gasteiger partial charge in [-0.2, -0.15) is 0 Å². The predicted molar refractivity (Wildman–Crippen MR) is 90.2 cm³/mol. The van der Waals surface area contributed by atoms with Gasteiger partial charge in [0.15, 0.2) is 0 Å². The van der Waals surface area contributed by atoms with Gasteiger partial charge in [0, 0.05) is 15.2 Å². The van der Waals surface area contributed by atoms with Crippen molar-refractivity contribution in [2.24, 2.45) is 0 Å². The summed E-state index contributed by atoms with van der Waals surface area (Å²) in [5.74, 6) is 0. The second-order valence-corrected chi connectivity index (χ2v) is 7.42. The second kappa shape index (κ2) is 6.25. The number of nitrogen functional groups attached to an aromatic ring is 1. The van der Waals surface area contributed by atoms with Crippen LogP contribution in [0.5, 0.6) is 0 Å². The van der Waals surface area contributed by atoms with E-state index in [0.29, 0.717) is 20.9 Å². The van der Waals surface area contributed by atoms with Crippen molar-refractivity contribution in [3.8, 4) is 0 Å². The molecule has 0 atom stereocenters. The Morgan fingerprint density at radius 1 is 1.24 bits per heavy atom. The van der Waals surface area contributed by atoms with E-state index in [1.54, 1.807) is 30.3 Å². The molecule has 0 spiro atoms. The highest BCUT2D eigenvalue weighted by Crippen LogP contribution is 2.28. The zero-order valence-corrected chi connectivity index (χ0v) is 14.4. The van der Waals surface area contributed by atoms with Crippen molar-refractivity contribution in [1.82, 2.24) is 0 Å². The van der Waals surface area contributed by atoms with Crippen molar-refractivity contribution in [3.05, 3.63) is 51.5 Å². The van der Waals surface area contributed by atoms with Crippen LogP contribution in [-0.2, 0) is 16.4 Å². The molecule has 112 valence electrons. The first-order chi connectivity index (χ1) is 9.83. The van der Waals surface area contributed by atoms with Crippen LogP contribution in [0.3, 0.4) is 0 Å². The van der Waals surface area contributed by atoms with E-state index < -0.39 is 10.0 Å². The van der Waals surface area contributed by atoms with Crippen LogP contribution in [0.25, 0.3) is 0 Å². The SMILES string of the molecule is CCc1ccc(S(=O)(=O)Nc2ccc(Cl)cc2Br)cc1N. The molecule has 0 heterocycles. The largest absolute Gasteiger partial charge is 0.398 e. The van der Waals surface area contributed by atoms with Gasteiger partial charge in [-0.1, -0.05) is 24.6 Å². The summed E-state index contributed by atoms with van der Waals surface area (Å²) in [6, 6.07) is 9.55. The van der Waals surface area contributed by atoms with Gasteiger partial charge in [0.2, 0.25) is 0 Å². The van der Waals surface area contributed by atoms with E-state index in [9.17, 15) is 8.42 Å². The summed E-state index contributed by atoms with van der Waals surface area (Å²) in [5, 5.41) is 0.515. The van der Waals surface area contributed by atoms with Crippen LogP contribution < -0.4 is 10.5 Å². The predicted octanol–water partition coefficient (Wildman–Crippen LogP) is 4.05. The highest BCUT2D eigenvalue weighted by Gasteiger charge is 2.16. The molecule has 2 rings (SSSR count). The summed E-state index contributed by atoms with van der Waals surface area (Å²) in [6.45, 7) is 1.96. The molecular formula is C14H14BrClN2O2S. The number of rotatable bonds is 4. The zero-order chi connectivity index (χ0) is 15.6. The number of hydrogen-bond donors (Lipinski definition) is 2. The van der Waals surface area contributed by atoms with Crippen LogP contribution in [0.15, 0.2) is 45.8 Å². The molecule has 0 bridgehead atoms. The molecule has 4 nitrogen and oxygen atoms in total. The molecule has 21 heavy (non-hydrogen) atoms. The zero-order valence-electron chi connectivity index (χ0n) is 11.2. The Balaban J connectivity index is 2.36. The standard InChI is InChI=1S/C14H14BrClN2O2S/c1-2-9-3-5-11(8-13(9)17)21(19,20)18-14-6-4-10(16)7-12(14)15/h3-8,18H,2,17H2,1H3. The highest BCUT2D eigenvalue weighted by molar-refractivity contribution is 9.10. The minimum absolute atomic E-state index is 0.124. The Bertz CT molecular complexity index is 779. The Morgan fingerprint density at radius 3 is 2.52 bits per heavy atom. The van der Waals surface area contributed by atoms with Gasteiger partial charge in [-0.15, -0.1) is 0 Å². The van der Waals surface area contributed by atoms with Crippen LogP contribution in [0.4, 0.5) is 11.4 Å². The van der Waals surface area contributed by atoms with E-state index in [0.717, 1.165) is 12.0 Å². The van der Waals surface area contributed by atoms with E-state index >= 15 is 0 Å². The highest BCUT2D eigenvalue weighted by atomic mass is 79.9. The molecule has 0 saturated carbocycles. The fraction of sp³-hybridized carbons (Fsp3) is 0.143. The molecule has 7 heteroatoms. The second-order valence-electron chi connectivity index (χ2n) is 4.44. The van der Waals surface area contributed by atoms with Crippen molar-refractivity contribution in [1.29, 1.82) is 0 Å². The molecule has 3 N–H and O–H groups in total. The number of aryl methyl sites for hydroxylation is 1. The van der Waals surface area contributed by atoms with Crippen molar-refractivity contribution in [2.45, 2.75) is 18.2 Å². The van der Waals surface area contributed by atoms with Crippen molar-refractivity contribution in [3.63, 3.8) is 0 Å². The summed E-state index contributed by atoms with van der Waals surface area (Å²) in [5.41, 5.74) is 7.65. The van der Waals surface area contributed by atoms with Crippen molar-refractivity contribution in [2.75, 3.05) is 10.5 Å². The Kier molecular flexibility index (Phi) is 4.81.